The van der Waals surface area contributed by atoms with Gasteiger partial charge in [0.1, 0.15) is 6.07 Å². The van der Waals surface area contributed by atoms with E-state index in [-0.39, 0.29) is 5.54 Å². The van der Waals surface area contributed by atoms with Crippen LogP contribution in [0, 0.1) is 11.3 Å². The van der Waals surface area contributed by atoms with Crippen molar-refractivity contribution in [2.45, 2.75) is 45.8 Å². The fourth-order valence-electron chi connectivity index (χ4n) is 1.80. The Kier molecular flexibility index (Phi) is 6.00. The zero-order chi connectivity index (χ0) is 15.2. The minimum atomic E-state index is -0.610. The number of aliphatic hydroxyl groups excluding tert-OH is 1. The van der Waals surface area contributed by atoms with E-state index in [4.69, 9.17) is 0 Å². The van der Waals surface area contributed by atoms with Gasteiger partial charge < -0.3 is 15.7 Å². The molecule has 0 bridgehead atoms. The van der Waals surface area contributed by atoms with Crippen molar-refractivity contribution >= 4 is 5.69 Å². The molecule has 4 heteroatoms. The van der Waals surface area contributed by atoms with Crippen LogP contribution in [-0.4, -0.2) is 23.7 Å². The van der Waals surface area contributed by atoms with Crippen molar-refractivity contribution in [3.8, 4) is 6.07 Å². The molecule has 4 nitrogen and oxygen atoms in total. The number of β-amino-alcohol motifs (C(OH)–C–C–N with tert-alkyl or cyclic N) is 1. The molecule has 0 aliphatic carbocycles. The summed E-state index contributed by atoms with van der Waals surface area (Å²) in [5.74, 6) is 0. The molecule has 0 aromatic heterocycles. The van der Waals surface area contributed by atoms with Crippen molar-refractivity contribution in [3.05, 3.63) is 29.3 Å². The first-order valence-corrected chi connectivity index (χ1v) is 7.08. The van der Waals surface area contributed by atoms with Gasteiger partial charge in [-0.15, -0.1) is 0 Å². The van der Waals surface area contributed by atoms with E-state index in [9.17, 15) is 10.4 Å². The fourth-order valence-corrected chi connectivity index (χ4v) is 1.80. The molecule has 20 heavy (non-hydrogen) atoms. The number of nitrogens with zero attached hydrogens (tertiary/aromatic N) is 1. The SMILES string of the molecule is CCCNc1ccc(C(O)CNC(C)(C)C)cc1C#N. The third-order valence-electron chi connectivity index (χ3n) is 2.94. The highest BCUT2D eigenvalue weighted by atomic mass is 16.3. The van der Waals surface area contributed by atoms with Gasteiger partial charge in [-0.3, -0.25) is 0 Å². The molecule has 1 rings (SSSR count). The Balaban J connectivity index is 2.79. The van der Waals surface area contributed by atoms with E-state index in [0.29, 0.717) is 12.1 Å². The molecule has 0 aliphatic heterocycles. The summed E-state index contributed by atoms with van der Waals surface area (Å²) in [6, 6.07) is 7.67. The summed E-state index contributed by atoms with van der Waals surface area (Å²) in [6.45, 7) is 9.54. The van der Waals surface area contributed by atoms with Crippen molar-refractivity contribution in [1.82, 2.24) is 5.32 Å². The molecule has 1 atom stereocenters. The maximum absolute atomic E-state index is 10.2. The Morgan fingerprint density at radius 2 is 2.05 bits per heavy atom. The summed E-state index contributed by atoms with van der Waals surface area (Å²) in [4.78, 5) is 0. The highest BCUT2D eigenvalue weighted by Crippen LogP contribution is 2.21. The van der Waals surface area contributed by atoms with Crippen molar-refractivity contribution in [1.29, 1.82) is 5.26 Å². The lowest BCUT2D eigenvalue weighted by molar-refractivity contribution is 0.163. The summed E-state index contributed by atoms with van der Waals surface area (Å²) in [7, 11) is 0. The topological polar surface area (TPSA) is 68.1 Å². The first-order valence-electron chi connectivity index (χ1n) is 7.08. The molecular weight excluding hydrogens is 250 g/mol. The van der Waals surface area contributed by atoms with Gasteiger partial charge in [0.15, 0.2) is 0 Å². The molecule has 0 heterocycles. The van der Waals surface area contributed by atoms with Crippen molar-refractivity contribution in [2.75, 3.05) is 18.4 Å². The number of rotatable bonds is 6. The first kappa shape index (κ1) is 16.5. The third kappa shape index (κ3) is 5.20. The summed E-state index contributed by atoms with van der Waals surface area (Å²) < 4.78 is 0. The Morgan fingerprint density at radius 1 is 1.35 bits per heavy atom. The molecule has 0 amide bonds. The van der Waals surface area contributed by atoms with Crippen LogP contribution in [0.5, 0.6) is 0 Å². The molecule has 0 spiro atoms. The highest BCUT2D eigenvalue weighted by Gasteiger charge is 2.14. The van der Waals surface area contributed by atoms with Gasteiger partial charge in [-0.1, -0.05) is 13.0 Å². The summed E-state index contributed by atoms with van der Waals surface area (Å²) in [5.41, 5.74) is 2.13. The Morgan fingerprint density at radius 3 is 2.60 bits per heavy atom. The smallest absolute Gasteiger partial charge is 0.101 e. The quantitative estimate of drug-likeness (QED) is 0.747. The van der Waals surface area contributed by atoms with Crippen LogP contribution in [0.1, 0.15) is 51.3 Å². The van der Waals surface area contributed by atoms with Crippen LogP contribution >= 0.6 is 0 Å². The second kappa shape index (κ2) is 7.28. The number of anilines is 1. The van der Waals surface area contributed by atoms with Crippen molar-refractivity contribution in [3.63, 3.8) is 0 Å². The number of nitrogens with one attached hydrogen (secondary N) is 2. The van der Waals surface area contributed by atoms with Gasteiger partial charge in [0, 0.05) is 18.6 Å². The van der Waals surface area contributed by atoms with E-state index in [0.717, 1.165) is 24.2 Å². The number of aliphatic hydroxyl groups is 1. The van der Waals surface area contributed by atoms with Gasteiger partial charge in [-0.25, -0.2) is 0 Å². The number of nitriles is 1. The monoisotopic (exact) mass is 275 g/mol. The van der Waals surface area contributed by atoms with Gasteiger partial charge in [-0.05, 0) is 44.9 Å². The van der Waals surface area contributed by atoms with Crippen LogP contribution in [0.4, 0.5) is 5.69 Å². The van der Waals surface area contributed by atoms with Crippen LogP contribution in [0.25, 0.3) is 0 Å². The molecule has 1 unspecified atom stereocenters. The van der Waals surface area contributed by atoms with E-state index in [1.54, 1.807) is 6.07 Å². The predicted molar refractivity (Wildman–Crippen MR) is 82.7 cm³/mol. The minimum Gasteiger partial charge on any atom is -0.387 e. The summed E-state index contributed by atoms with van der Waals surface area (Å²) in [5, 5.41) is 25.8. The van der Waals surface area contributed by atoms with Gasteiger partial charge >= 0.3 is 0 Å². The molecule has 0 radical (unpaired) electrons. The molecule has 0 fully saturated rings. The maximum atomic E-state index is 10.2. The van der Waals surface area contributed by atoms with Gasteiger partial charge in [0.25, 0.3) is 0 Å². The summed E-state index contributed by atoms with van der Waals surface area (Å²) in [6.07, 6.45) is 0.395. The number of hydrogen-bond acceptors (Lipinski definition) is 4. The molecule has 110 valence electrons. The van der Waals surface area contributed by atoms with Crippen molar-refractivity contribution in [2.24, 2.45) is 0 Å². The maximum Gasteiger partial charge on any atom is 0.101 e. The average Bonchev–Trinajstić information content (AvgIpc) is 2.41. The molecular formula is C16H25N3O. The molecule has 1 aromatic rings. The van der Waals surface area contributed by atoms with Crippen LogP contribution in [0.3, 0.4) is 0 Å². The second-order valence-electron chi connectivity index (χ2n) is 5.99. The zero-order valence-electron chi connectivity index (χ0n) is 12.8. The van der Waals surface area contributed by atoms with Crippen LogP contribution in [-0.2, 0) is 0 Å². The van der Waals surface area contributed by atoms with Gasteiger partial charge in [0.2, 0.25) is 0 Å². The first-order chi connectivity index (χ1) is 9.37. The second-order valence-corrected chi connectivity index (χ2v) is 5.99. The lowest BCUT2D eigenvalue weighted by atomic mass is 10.0. The molecule has 0 aliphatic rings. The average molecular weight is 275 g/mol. The number of hydrogen-bond donors (Lipinski definition) is 3. The highest BCUT2D eigenvalue weighted by molar-refractivity contribution is 5.58. The molecule has 1 aromatic carbocycles. The number of benzene rings is 1. The minimum absolute atomic E-state index is 0.0400. The normalized spacial score (nSPS) is 12.8. The van der Waals surface area contributed by atoms with E-state index in [2.05, 4.69) is 44.4 Å². The van der Waals surface area contributed by atoms with E-state index < -0.39 is 6.10 Å². The zero-order valence-corrected chi connectivity index (χ0v) is 12.8. The Hall–Kier alpha value is -1.57. The summed E-state index contributed by atoms with van der Waals surface area (Å²) >= 11 is 0. The molecule has 3 N–H and O–H groups in total. The van der Waals surface area contributed by atoms with E-state index in [1.807, 2.05) is 12.1 Å². The lowest BCUT2D eigenvalue weighted by Gasteiger charge is -2.23. The Bertz CT molecular complexity index is 472. The van der Waals surface area contributed by atoms with Crippen molar-refractivity contribution < 1.29 is 5.11 Å². The van der Waals surface area contributed by atoms with Crippen LogP contribution in [0.15, 0.2) is 18.2 Å². The molecule has 0 saturated carbocycles. The third-order valence-corrected chi connectivity index (χ3v) is 2.94. The van der Waals surface area contributed by atoms with E-state index >= 15 is 0 Å². The van der Waals surface area contributed by atoms with Gasteiger partial charge in [-0.2, -0.15) is 5.26 Å². The fraction of sp³-hybridized carbons (Fsp3) is 0.562. The van der Waals surface area contributed by atoms with E-state index in [1.165, 1.54) is 0 Å². The van der Waals surface area contributed by atoms with Crippen LogP contribution in [0.2, 0.25) is 0 Å². The molecule has 0 saturated heterocycles. The van der Waals surface area contributed by atoms with Gasteiger partial charge in [0.05, 0.1) is 17.4 Å². The lowest BCUT2D eigenvalue weighted by Crippen LogP contribution is -2.38. The Labute approximate surface area is 121 Å². The standard InChI is InChI=1S/C16H25N3O/c1-5-8-18-14-7-6-12(9-13(14)10-17)15(20)11-19-16(2,3)4/h6-7,9,15,18-20H,5,8,11H2,1-4H3. The predicted octanol–water partition coefficient (Wildman–Crippen LogP) is 2.80. The van der Waals surface area contributed by atoms with Crippen LogP contribution < -0.4 is 10.6 Å². The largest absolute Gasteiger partial charge is 0.387 e.